The van der Waals surface area contributed by atoms with Gasteiger partial charge in [-0.2, -0.15) is 5.10 Å². The van der Waals surface area contributed by atoms with Crippen molar-refractivity contribution in [1.29, 1.82) is 0 Å². The summed E-state index contributed by atoms with van der Waals surface area (Å²) in [5.74, 6) is -0.901. The normalized spacial score (nSPS) is 14.2. The Bertz CT molecular complexity index is 1410. The molecular formula is C24H18FN3O3S. The van der Waals surface area contributed by atoms with Gasteiger partial charge in [-0.25, -0.2) is 17.5 Å². The first-order valence-electron chi connectivity index (χ1n) is 9.94. The monoisotopic (exact) mass is 447 g/mol. The van der Waals surface area contributed by atoms with Crippen LogP contribution < -0.4 is 5.32 Å². The van der Waals surface area contributed by atoms with E-state index in [9.17, 15) is 17.6 Å². The van der Waals surface area contributed by atoms with Crippen molar-refractivity contribution >= 4 is 21.6 Å². The maximum atomic E-state index is 13.4. The van der Waals surface area contributed by atoms with Crippen LogP contribution in [0.2, 0.25) is 0 Å². The molecule has 0 atom stereocenters. The van der Waals surface area contributed by atoms with Gasteiger partial charge in [-0.05, 0) is 47.5 Å². The third kappa shape index (κ3) is 3.80. The second-order valence-electron chi connectivity index (χ2n) is 7.59. The Labute approximate surface area is 184 Å². The average molecular weight is 447 g/mol. The maximum absolute atomic E-state index is 13.4. The molecule has 0 spiro atoms. The molecule has 0 saturated heterocycles. The van der Waals surface area contributed by atoms with Gasteiger partial charge >= 0.3 is 0 Å². The highest BCUT2D eigenvalue weighted by atomic mass is 32.2. The summed E-state index contributed by atoms with van der Waals surface area (Å²) in [6.07, 6.45) is 0. The van der Waals surface area contributed by atoms with Crippen LogP contribution >= 0.6 is 0 Å². The predicted octanol–water partition coefficient (Wildman–Crippen LogP) is 4.36. The predicted molar refractivity (Wildman–Crippen MR) is 120 cm³/mol. The van der Waals surface area contributed by atoms with Crippen LogP contribution in [0.25, 0.3) is 16.8 Å². The van der Waals surface area contributed by atoms with Gasteiger partial charge in [0, 0.05) is 11.1 Å². The minimum absolute atomic E-state index is 0.189. The minimum Gasteiger partial charge on any atom is -0.306 e. The number of anilines is 1. The van der Waals surface area contributed by atoms with Crippen molar-refractivity contribution in [2.24, 2.45) is 0 Å². The molecule has 1 aliphatic rings. The number of sulfone groups is 1. The van der Waals surface area contributed by atoms with Crippen molar-refractivity contribution in [3.8, 4) is 16.8 Å². The van der Waals surface area contributed by atoms with Crippen LogP contribution in [0.5, 0.6) is 0 Å². The minimum atomic E-state index is -3.31. The largest absolute Gasteiger partial charge is 0.306 e. The fourth-order valence-electron chi connectivity index (χ4n) is 3.76. The van der Waals surface area contributed by atoms with Crippen LogP contribution in [0.4, 0.5) is 10.2 Å². The van der Waals surface area contributed by atoms with Crippen LogP contribution in [0.15, 0.2) is 78.9 Å². The lowest BCUT2D eigenvalue weighted by atomic mass is 10.0. The van der Waals surface area contributed by atoms with E-state index in [1.807, 2.05) is 42.5 Å². The third-order valence-corrected chi connectivity index (χ3v) is 6.79. The summed E-state index contributed by atoms with van der Waals surface area (Å²) < 4.78 is 39.0. The molecule has 1 N–H and O–H groups in total. The van der Waals surface area contributed by atoms with Crippen molar-refractivity contribution in [3.63, 3.8) is 0 Å². The number of nitrogens with zero attached hydrogens (tertiary/aromatic N) is 2. The second kappa shape index (κ2) is 7.72. The molecule has 1 aromatic heterocycles. The van der Waals surface area contributed by atoms with E-state index in [1.54, 1.807) is 12.1 Å². The smallest absolute Gasteiger partial charge is 0.256 e. The number of amides is 1. The Morgan fingerprint density at radius 2 is 1.53 bits per heavy atom. The van der Waals surface area contributed by atoms with Gasteiger partial charge in [0.25, 0.3) is 5.91 Å². The van der Waals surface area contributed by atoms with Crippen molar-refractivity contribution in [3.05, 3.63) is 102 Å². The topological polar surface area (TPSA) is 81.1 Å². The molecule has 0 unspecified atom stereocenters. The highest BCUT2D eigenvalue weighted by molar-refractivity contribution is 7.90. The lowest BCUT2D eigenvalue weighted by Gasteiger charge is -2.11. The van der Waals surface area contributed by atoms with E-state index in [0.29, 0.717) is 22.5 Å². The molecule has 8 heteroatoms. The van der Waals surface area contributed by atoms with E-state index in [0.717, 1.165) is 11.1 Å². The standard InChI is InChI=1S/C24H18FN3O3S/c25-19-10-12-20(13-11-19)28-23(21-14-32(30,31)15-22(21)27-28)26-24(29)18-8-6-17(7-9-18)16-4-2-1-3-5-16/h1-13H,14-15H2,(H,26,29). The van der Waals surface area contributed by atoms with Gasteiger partial charge in [0.2, 0.25) is 0 Å². The molecule has 6 nitrogen and oxygen atoms in total. The molecule has 0 aliphatic carbocycles. The Morgan fingerprint density at radius 1 is 0.875 bits per heavy atom. The first kappa shape index (κ1) is 20.1. The number of hydrogen-bond acceptors (Lipinski definition) is 4. The maximum Gasteiger partial charge on any atom is 0.256 e. The molecule has 5 rings (SSSR count). The number of benzene rings is 3. The number of fused-ring (bicyclic) bond motifs is 1. The lowest BCUT2D eigenvalue weighted by molar-refractivity contribution is 0.102. The molecule has 0 radical (unpaired) electrons. The van der Waals surface area contributed by atoms with Gasteiger partial charge in [-0.1, -0.05) is 42.5 Å². The third-order valence-electron chi connectivity index (χ3n) is 5.34. The molecule has 3 aromatic carbocycles. The van der Waals surface area contributed by atoms with Crippen LogP contribution in [0.3, 0.4) is 0 Å². The molecule has 32 heavy (non-hydrogen) atoms. The molecule has 1 amide bonds. The summed E-state index contributed by atoms with van der Waals surface area (Å²) in [4.78, 5) is 13.0. The molecule has 0 saturated carbocycles. The van der Waals surface area contributed by atoms with Gasteiger partial charge in [-0.15, -0.1) is 0 Å². The Balaban J connectivity index is 1.48. The summed E-state index contributed by atoms with van der Waals surface area (Å²) in [7, 11) is -3.31. The Kier molecular flexibility index (Phi) is 4.86. The molecule has 4 aromatic rings. The first-order chi connectivity index (χ1) is 15.4. The van der Waals surface area contributed by atoms with Crippen molar-refractivity contribution in [2.45, 2.75) is 11.5 Å². The summed E-state index contributed by atoms with van der Waals surface area (Å²) in [5, 5.41) is 7.21. The van der Waals surface area contributed by atoms with Gasteiger partial charge in [-0.3, -0.25) is 4.79 Å². The zero-order chi connectivity index (χ0) is 22.3. The number of carbonyl (C=O) groups is 1. The summed E-state index contributed by atoms with van der Waals surface area (Å²) in [5.41, 5.74) is 3.81. The molecule has 2 heterocycles. The number of hydrogen-bond donors (Lipinski definition) is 1. The summed E-state index contributed by atoms with van der Waals surface area (Å²) >= 11 is 0. The van der Waals surface area contributed by atoms with E-state index in [1.165, 1.54) is 28.9 Å². The number of aromatic nitrogens is 2. The van der Waals surface area contributed by atoms with Gasteiger partial charge in [0.1, 0.15) is 11.6 Å². The number of halogens is 1. The van der Waals surface area contributed by atoms with Crippen molar-refractivity contribution in [1.82, 2.24) is 9.78 Å². The molecule has 160 valence electrons. The van der Waals surface area contributed by atoms with Gasteiger partial charge in [0.05, 0.1) is 22.9 Å². The second-order valence-corrected chi connectivity index (χ2v) is 9.66. The van der Waals surface area contributed by atoms with Crippen LogP contribution in [-0.4, -0.2) is 24.1 Å². The Hall–Kier alpha value is -3.78. The highest BCUT2D eigenvalue weighted by Gasteiger charge is 2.33. The number of rotatable bonds is 4. The van der Waals surface area contributed by atoms with E-state index in [-0.39, 0.29) is 23.2 Å². The van der Waals surface area contributed by atoms with E-state index >= 15 is 0 Å². The quantitative estimate of drug-likeness (QED) is 0.504. The molecule has 0 bridgehead atoms. The fraction of sp³-hybridized carbons (Fsp3) is 0.0833. The van der Waals surface area contributed by atoms with Crippen LogP contribution in [-0.2, 0) is 21.3 Å². The number of nitrogens with one attached hydrogen (secondary N) is 1. The summed E-state index contributed by atoms with van der Waals surface area (Å²) in [6.45, 7) is 0. The van der Waals surface area contributed by atoms with Crippen LogP contribution in [0, 0.1) is 5.82 Å². The van der Waals surface area contributed by atoms with E-state index < -0.39 is 15.7 Å². The first-order valence-corrected chi connectivity index (χ1v) is 11.8. The molecule has 1 aliphatic heterocycles. The highest BCUT2D eigenvalue weighted by Crippen LogP contribution is 2.33. The van der Waals surface area contributed by atoms with E-state index in [2.05, 4.69) is 10.4 Å². The Morgan fingerprint density at radius 3 is 2.22 bits per heavy atom. The van der Waals surface area contributed by atoms with Crippen LogP contribution in [0.1, 0.15) is 21.6 Å². The van der Waals surface area contributed by atoms with Gasteiger partial charge in [0.15, 0.2) is 9.84 Å². The summed E-state index contributed by atoms with van der Waals surface area (Å²) in [6, 6.07) is 22.6. The zero-order valence-electron chi connectivity index (χ0n) is 16.8. The van der Waals surface area contributed by atoms with Crippen molar-refractivity contribution < 1.29 is 17.6 Å². The van der Waals surface area contributed by atoms with Crippen molar-refractivity contribution in [2.75, 3.05) is 5.32 Å². The average Bonchev–Trinajstić information content (AvgIpc) is 3.27. The fourth-order valence-corrected chi connectivity index (χ4v) is 5.26. The SMILES string of the molecule is O=C(Nc1c2c(nn1-c1ccc(F)cc1)CS(=O)(=O)C2)c1ccc(-c2ccccc2)cc1. The number of carbonyl (C=O) groups excluding carboxylic acids is 1. The lowest BCUT2D eigenvalue weighted by Crippen LogP contribution is -2.17. The molecular weight excluding hydrogens is 429 g/mol. The van der Waals surface area contributed by atoms with E-state index in [4.69, 9.17) is 0 Å². The zero-order valence-corrected chi connectivity index (χ0v) is 17.6. The molecule has 0 fully saturated rings. The van der Waals surface area contributed by atoms with Gasteiger partial charge < -0.3 is 5.32 Å².